The summed E-state index contributed by atoms with van der Waals surface area (Å²) in [4.78, 5) is 35.3. The number of carboxylic acids is 1. The number of benzene rings is 2. The molecule has 170 valence electrons. The SMILES string of the molecule is CC(CC(=O)NCc1ccc(C(=O)O)o1)NC(=O)OCC1c2ccccc2-c2ccccc21. The highest BCUT2D eigenvalue weighted by atomic mass is 16.5. The lowest BCUT2D eigenvalue weighted by atomic mass is 9.98. The van der Waals surface area contributed by atoms with Gasteiger partial charge in [0.25, 0.3) is 0 Å². The Balaban J connectivity index is 1.25. The lowest BCUT2D eigenvalue weighted by molar-refractivity contribution is -0.121. The molecule has 1 aromatic heterocycles. The number of hydrogen-bond donors (Lipinski definition) is 3. The maximum Gasteiger partial charge on any atom is 0.407 e. The number of amides is 2. The number of ether oxygens (including phenoxy) is 1. The summed E-state index contributed by atoms with van der Waals surface area (Å²) in [7, 11) is 0. The third kappa shape index (κ3) is 5.06. The second-order valence-electron chi connectivity index (χ2n) is 7.92. The van der Waals surface area contributed by atoms with E-state index in [0.29, 0.717) is 5.76 Å². The number of carbonyl (C=O) groups is 3. The van der Waals surface area contributed by atoms with Gasteiger partial charge in [-0.05, 0) is 41.3 Å². The summed E-state index contributed by atoms with van der Waals surface area (Å²) in [5.41, 5.74) is 4.56. The average molecular weight is 448 g/mol. The van der Waals surface area contributed by atoms with E-state index in [1.807, 2.05) is 36.4 Å². The van der Waals surface area contributed by atoms with E-state index in [0.717, 1.165) is 22.3 Å². The molecular formula is C25H24N2O6. The summed E-state index contributed by atoms with van der Waals surface area (Å²) < 4.78 is 10.6. The van der Waals surface area contributed by atoms with Crippen molar-refractivity contribution in [2.45, 2.75) is 31.8 Å². The maximum atomic E-state index is 12.3. The highest BCUT2D eigenvalue weighted by Crippen LogP contribution is 2.44. The van der Waals surface area contributed by atoms with E-state index in [2.05, 4.69) is 22.8 Å². The normalized spacial score (nSPS) is 13.0. The van der Waals surface area contributed by atoms with Gasteiger partial charge in [-0.25, -0.2) is 9.59 Å². The zero-order chi connectivity index (χ0) is 23.4. The summed E-state index contributed by atoms with van der Waals surface area (Å²) in [6.07, 6.45) is -0.550. The van der Waals surface area contributed by atoms with E-state index in [1.165, 1.54) is 12.1 Å². The van der Waals surface area contributed by atoms with Gasteiger partial charge in [-0.2, -0.15) is 0 Å². The van der Waals surface area contributed by atoms with E-state index in [9.17, 15) is 14.4 Å². The van der Waals surface area contributed by atoms with E-state index in [1.54, 1.807) is 6.92 Å². The second-order valence-corrected chi connectivity index (χ2v) is 7.92. The van der Waals surface area contributed by atoms with Gasteiger partial charge >= 0.3 is 12.1 Å². The number of alkyl carbamates (subject to hydrolysis) is 1. The minimum Gasteiger partial charge on any atom is -0.475 e. The predicted molar refractivity (Wildman–Crippen MR) is 120 cm³/mol. The van der Waals surface area contributed by atoms with Crippen LogP contribution in [-0.4, -0.2) is 35.7 Å². The number of aromatic carboxylic acids is 1. The van der Waals surface area contributed by atoms with Crippen molar-refractivity contribution in [3.63, 3.8) is 0 Å². The van der Waals surface area contributed by atoms with Crippen LogP contribution < -0.4 is 10.6 Å². The van der Waals surface area contributed by atoms with Gasteiger partial charge in [0, 0.05) is 18.4 Å². The number of fused-ring (bicyclic) bond motifs is 3. The van der Waals surface area contributed by atoms with Crippen molar-refractivity contribution in [2.24, 2.45) is 0 Å². The molecule has 8 nitrogen and oxygen atoms in total. The molecule has 3 N–H and O–H groups in total. The van der Waals surface area contributed by atoms with Crippen molar-refractivity contribution in [2.75, 3.05) is 6.61 Å². The molecule has 0 aliphatic heterocycles. The minimum absolute atomic E-state index is 0.0363. The van der Waals surface area contributed by atoms with Crippen LogP contribution in [0.5, 0.6) is 0 Å². The quantitative estimate of drug-likeness (QED) is 0.481. The monoisotopic (exact) mass is 448 g/mol. The Morgan fingerprint density at radius 1 is 1.00 bits per heavy atom. The van der Waals surface area contributed by atoms with Crippen molar-refractivity contribution in [3.05, 3.63) is 83.3 Å². The molecule has 1 aliphatic rings. The molecule has 0 bridgehead atoms. The molecule has 3 aromatic rings. The Labute approximate surface area is 190 Å². The molecule has 33 heavy (non-hydrogen) atoms. The van der Waals surface area contributed by atoms with Gasteiger partial charge in [0.05, 0.1) is 6.54 Å². The van der Waals surface area contributed by atoms with E-state index in [4.69, 9.17) is 14.3 Å². The molecule has 0 saturated carbocycles. The highest BCUT2D eigenvalue weighted by Gasteiger charge is 2.29. The summed E-state index contributed by atoms with van der Waals surface area (Å²) >= 11 is 0. The van der Waals surface area contributed by atoms with Crippen molar-refractivity contribution in [1.29, 1.82) is 0 Å². The van der Waals surface area contributed by atoms with Gasteiger partial charge in [-0.15, -0.1) is 0 Å². The van der Waals surface area contributed by atoms with Crippen molar-refractivity contribution < 1.29 is 28.6 Å². The Bertz CT molecular complexity index is 1140. The molecule has 2 amide bonds. The Kier molecular flexibility index (Phi) is 6.44. The number of furan rings is 1. The Hall–Kier alpha value is -4.07. The third-order valence-corrected chi connectivity index (χ3v) is 5.53. The zero-order valence-corrected chi connectivity index (χ0v) is 18.0. The number of nitrogens with one attached hydrogen (secondary N) is 2. The van der Waals surface area contributed by atoms with E-state index < -0.39 is 18.1 Å². The second kappa shape index (κ2) is 9.60. The molecule has 8 heteroatoms. The predicted octanol–water partition coefficient (Wildman–Crippen LogP) is 3.91. The molecule has 0 fully saturated rings. The van der Waals surface area contributed by atoms with Gasteiger partial charge in [0.15, 0.2) is 0 Å². The van der Waals surface area contributed by atoms with Gasteiger partial charge in [-0.1, -0.05) is 48.5 Å². The summed E-state index contributed by atoms with van der Waals surface area (Å²) in [5, 5.41) is 14.2. The van der Waals surface area contributed by atoms with E-state index in [-0.39, 0.29) is 37.2 Å². The topological polar surface area (TPSA) is 118 Å². The highest BCUT2D eigenvalue weighted by molar-refractivity contribution is 5.84. The fourth-order valence-corrected chi connectivity index (χ4v) is 4.02. The number of carboxylic acid groups (broad SMARTS) is 1. The van der Waals surface area contributed by atoms with Crippen LogP contribution in [0.1, 0.15) is 46.7 Å². The van der Waals surface area contributed by atoms with Crippen LogP contribution >= 0.6 is 0 Å². The van der Waals surface area contributed by atoms with Crippen molar-refractivity contribution in [3.8, 4) is 11.1 Å². The first-order valence-electron chi connectivity index (χ1n) is 10.6. The maximum absolute atomic E-state index is 12.3. The smallest absolute Gasteiger partial charge is 0.407 e. The van der Waals surface area contributed by atoms with Crippen LogP contribution in [0.2, 0.25) is 0 Å². The van der Waals surface area contributed by atoms with Crippen LogP contribution in [-0.2, 0) is 16.1 Å². The molecule has 4 rings (SSSR count). The summed E-state index contributed by atoms with van der Waals surface area (Å²) in [6, 6.07) is 18.5. The van der Waals surface area contributed by atoms with Crippen LogP contribution in [0.3, 0.4) is 0 Å². The molecule has 1 atom stereocenters. The Morgan fingerprint density at radius 2 is 1.64 bits per heavy atom. The third-order valence-electron chi connectivity index (χ3n) is 5.53. The fraction of sp³-hybridized carbons (Fsp3) is 0.240. The number of carbonyl (C=O) groups excluding carboxylic acids is 2. The summed E-state index contributed by atoms with van der Waals surface area (Å²) in [5.74, 6) is -1.38. The lowest BCUT2D eigenvalue weighted by Crippen LogP contribution is -2.37. The van der Waals surface area contributed by atoms with Crippen LogP contribution in [0.15, 0.2) is 65.1 Å². The molecule has 1 unspecified atom stereocenters. The minimum atomic E-state index is -1.17. The number of rotatable bonds is 8. The average Bonchev–Trinajstić information content (AvgIpc) is 3.39. The van der Waals surface area contributed by atoms with Gasteiger partial charge in [0.2, 0.25) is 11.7 Å². The van der Waals surface area contributed by atoms with Gasteiger partial charge in [0.1, 0.15) is 12.4 Å². The van der Waals surface area contributed by atoms with Crippen LogP contribution in [0.25, 0.3) is 11.1 Å². The van der Waals surface area contributed by atoms with Crippen molar-refractivity contribution >= 4 is 18.0 Å². The Morgan fingerprint density at radius 3 is 2.24 bits per heavy atom. The first kappa shape index (κ1) is 22.1. The summed E-state index contributed by atoms with van der Waals surface area (Å²) in [6.45, 7) is 1.96. The first-order valence-corrected chi connectivity index (χ1v) is 10.6. The molecular weight excluding hydrogens is 424 g/mol. The molecule has 0 spiro atoms. The molecule has 0 radical (unpaired) electrons. The molecule has 0 saturated heterocycles. The molecule has 1 aliphatic carbocycles. The van der Waals surface area contributed by atoms with Crippen LogP contribution in [0.4, 0.5) is 4.79 Å². The van der Waals surface area contributed by atoms with Gasteiger partial charge < -0.3 is 24.9 Å². The van der Waals surface area contributed by atoms with E-state index >= 15 is 0 Å². The fourth-order valence-electron chi connectivity index (χ4n) is 4.02. The van der Waals surface area contributed by atoms with Gasteiger partial charge in [-0.3, -0.25) is 4.79 Å². The van der Waals surface area contributed by atoms with Crippen LogP contribution in [0, 0.1) is 0 Å². The standard InChI is InChI=1S/C25H24N2O6/c1-15(12-23(28)26-13-16-10-11-22(33-16)24(29)30)27-25(31)32-14-21-19-8-4-2-6-17(19)18-7-3-5-9-20(18)21/h2-11,15,21H,12-14H2,1H3,(H,26,28)(H,27,31)(H,29,30). The largest absolute Gasteiger partial charge is 0.475 e. The molecule has 1 heterocycles. The van der Waals surface area contributed by atoms with Crippen molar-refractivity contribution in [1.82, 2.24) is 10.6 Å². The lowest BCUT2D eigenvalue weighted by Gasteiger charge is -2.17. The zero-order valence-electron chi connectivity index (χ0n) is 18.0. The first-order chi connectivity index (χ1) is 15.9. The molecule has 2 aromatic carbocycles. The number of hydrogen-bond acceptors (Lipinski definition) is 5.